The van der Waals surface area contributed by atoms with Gasteiger partial charge in [-0.25, -0.2) is 0 Å². The lowest BCUT2D eigenvalue weighted by Gasteiger charge is -2.09. The van der Waals surface area contributed by atoms with Crippen molar-refractivity contribution in [2.45, 2.75) is 46.1 Å². The molecule has 2 nitrogen and oxygen atoms in total. The molecule has 0 bridgehead atoms. The Labute approximate surface area is 88.5 Å². The van der Waals surface area contributed by atoms with Crippen molar-refractivity contribution in [1.82, 2.24) is 0 Å². The van der Waals surface area contributed by atoms with Crippen LogP contribution in [0.5, 0.6) is 0 Å². The Morgan fingerprint density at radius 1 is 1.14 bits per heavy atom. The van der Waals surface area contributed by atoms with E-state index in [0.717, 1.165) is 38.3 Å². The summed E-state index contributed by atoms with van der Waals surface area (Å²) in [4.78, 5) is 0. The number of rotatable bonds is 8. The van der Waals surface area contributed by atoms with Crippen LogP contribution >= 0.6 is 0 Å². The molecule has 84 valence electrons. The van der Waals surface area contributed by atoms with Gasteiger partial charge in [-0.15, -0.1) is 0 Å². The van der Waals surface area contributed by atoms with Gasteiger partial charge in [0.25, 0.3) is 0 Å². The molecule has 0 amide bonds. The fraction of sp³-hybridized carbons (Fsp3) is 0.833. The summed E-state index contributed by atoms with van der Waals surface area (Å²) in [7, 11) is 0. The maximum atomic E-state index is 5.56. The number of hydrogen-bond acceptors (Lipinski definition) is 2. The van der Waals surface area contributed by atoms with Gasteiger partial charge in [0.15, 0.2) is 0 Å². The third-order valence-electron chi connectivity index (χ3n) is 1.99. The molecule has 0 saturated heterocycles. The van der Waals surface area contributed by atoms with Gasteiger partial charge in [-0.05, 0) is 38.6 Å². The van der Waals surface area contributed by atoms with E-state index in [-0.39, 0.29) is 0 Å². The molecule has 0 aromatic heterocycles. The van der Waals surface area contributed by atoms with Crippen molar-refractivity contribution in [2.24, 2.45) is 11.7 Å². The van der Waals surface area contributed by atoms with Gasteiger partial charge in [-0.3, -0.25) is 0 Å². The van der Waals surface area contributed by atoms with Crippen LogP contribution in [0.15, 0.2) is 12.2 Å². The molecule has 2 N–H and O–H groups in total. The summed E-state index contributed by atoms with van der Waals surface area (Å²) in [6, 6.07) is 0. The second kappa shape index (κ2) is 9.22. The molecule has 0 rings (SSSR count). The highest BCUT2D eigenvalue weighted by Gasteiger charge is 1.98. The third-order valence-corrected chi connectivity index (χ3v) is 1.99. The lowest BCUT2D eigenvalue weighted by atomic mass is 10.1. The summed E-state index contributed by atoms with van der Waals surface area (Å²) in [5, 5.41) is 0. The first-order valence-corrected chi connectivity index (χ1v) is 5.63. The summed E-state index contributed by atoms with van der Waals surface area (Å²) < 4.78 is 5.56. The molecule has 14 heavy (non-hydrogen) atoms. The molecule has 1 atom stereocenters. The maximum absolute atomic E-state index is 5.56. The van der Waals surface area contributed by atoms with Crippen LogP contribution < -0.4 is 5.73 Å². The van der Waals surface area contributed by atoms with Crippen LogP contribution in [0.25, 0.3) is 0 Å². The molecular weight excluding hydrogens is 174 g/mol. The lowest BCUT2D eigenvalue weighted by molar-refractivity contribution is 0.0675. The van der Waals surface area contributed by atoms with Gasteiger partial charge in [0, 0.05) is 6.61 Å². The molecule has 2 heteroatoms. The predicted octanol–water partition coefficient (Wildman–Crippen LogP) is 2.73. The molecule has 0 saturated carbocycles. The van der Waals surface area contributed by atoms with Gasteiger partial charge in [-0.1, -0.05) is 26.0 Å². The van der Waals surface area contributed by atoms with E-state index in [2.05, 4.69) is 32.9 Å². The molecule has 0 aliphatic heterocycles. The van der Waals surface area contributed by atoms with E-state index >= 15 is 0 Å². The van der Waals surface area contributed by atoms with E-state index < -0.39 is 0 Å². The predicted molar refractivity (Wildman–Crippen MR) is 62.3 cm³/mol. The van der Waals surface area contributed by atoms with Crippen LogP contribution in [-0.4, -0.2) is 19.3 Å². The number of hydrogen-bond donors (Lipinski definition) is 1. The van der Waals surface area contributed by atoms with Gasteiger partial charge in [0.2, 0.25) is 0 Å². The molecule has 0 radical (unpaired) electrons. The monoisotopic (exact) mass is 199 g/mol. The van der Waals surface area contributed by atoms with Gasteiger partial charge in [-0.2, -0.15) is 0 Å². The Morgan fingerprint density at radius 2 is 1.79 bits per heavy atom. The largest absolute Gasteiger partial charge is 0.378 e. The number of nitrogens with two attached hydrogens (primary N) is 1. The smallest absolute Gasteiger partial charge is 0.0581 e. The van der Waals surface area contributed by atoms with Crippen molar-refractivity contribution in [2.75, 3.05) is 13.2 Å². The average Bonchev–Trinajstić information content (AvgIpc) is 2.13. The minimum absolute atomic E-state index is 0.324. The zero-order chi connectivity index (χ0) is 10.8. The van der Waals surface area contributed by atoms with Crippen molar-refractivity contribution in [3.63, 3.8) is 0 Å². The molecular formula is C12H25NO. The lowest BCUT2D eigenvalue weighted by Crippen LogP contribution is -2.11. The van der Waals surface area contributed by atoms with E-state index in [1.165, 1.54) is 0 Å². The highest BCUT2D eigenvalue weighted by molar-refractivity contribution is 4.84. The third kappa shape index (κ3) is 9.75. The van der Waals surface area contributed by atoms with Crippen LogP contribution in [0.3, 0.4) is 0 Å². The van der Waals surface area contributed by atoms with Gasteiger partial charge < -0.3 is 10.5 Å². The van der Waals surface area contributed by atoms with Crippen molar-refractivity contribution >= 4 is 0 Å². The zero-order valence-corrected chi connectivity index (χ0v) is 9.83. The van der Waals surface area contributed by atoms with Gasteiger partial charge in [0.05, 0.1) is 6.10 Å². The SMILES string of the molecule is CC(C)C/C=C\CC(C)OCCCN. The van der Waals surface area contributed by atoms with Crippen LogP contribution in [-0.2, 0) is 4.74 Å². The Hall–Kier alpha value is -0.340. The summed E-state index contributed by atoms with van der Waals surface area (Å²) in [5.41, 5.74) is 5.38. The van der Waals surface area contributed by atoms with Crippen LogP contribution in [0, 0.1) is 5.92 Å². The van der Waals surface area contributed by atoms with E-state index in [4.69, 9.17) is 10.5 Å². The highest BCUT2D eigenvalue weighted by atomic mass is 16.5. The minimum Gasteiger partial charge on any atom is -0.378 e. The first-order chi connectivity index (χ1) is 6.66. The highest BCUT2D eigenvalue weighted by Crippen LogP contribution is 2.03. The van der Waals surface area contributed by atoms with Crippen molar-refractivity contribution in [1.29, 1.82) is 0 Å². The van der Waals surface area contributed by atoms with Gasteiger partial charge in [0.1, 0.15) is 0 Å². The summed E-state index contributed by atoms with van der Waals surface area (Å²) in [6.45, 7) is 8.07. The van der Waals surface area contributed by atoms with Crippen LogP contribution in [0.4, 0.5) is 0 Å². The minimum atomic E-state index is 0.324. The molecule has 0 spiro atoms. The van der Waals surface area contributed by atoms with E-state index in [1.807, 2.05) is 0 Å². The van der Waals surface area contributed by atoms with E-state index in [0.29, 0.717) is 6.10 Å². The Morgan fingerprint density at radius 3 is 2.36 bits per heavy atom. The Balaban J connectivity index is 3.33. The van der Waals surface area contributed by atoms with Crippen LogP contribution in [0.1, 0.15) is 40.0 Å². The Bertz CT molecular complexity index is 143. The summed E-state index contributed by atoms with van der Waals surface area (Å²) in [6.07, 6.45) is 7.91. The molecule has 0 heterocycles. The molecule has 0 aliphatic carbocycles. The number of allylic oxidation sites excluding steroid dienone is 1. The van der Waals surface area contributed by atoms with Crippen molar-refractivity contribution < 1.29 is 4.74 Å². The molecule has 0 aliphatic rings. The molecule has 0 fully saturated rings. The zero-order valence-electron chi connectivity index (χ0n) is 9.83. The quantitative estimate of drug-likeness (QED) is 0.482. The average molecular weight is 199 g/mol. The van der Waals surface area contributed by atoms with Gasteiger partial charge >= 0.3 is 0 Å². The fourth-order valence-corrected chi connectivity index (χ4v) is 1.09. The van der Waals surface area contributed by atoms with E-state index in [1.54, 1.807) is 0 Å². The van der Waals surface area contributed by atoms with Crippen molar-refractivity contribution in [3.05, 3.63) is 12.2 Å². The van der Waals surface area contributed by atoms with E-state index in [9.17, 15) is 0 Å². The molecule has 0 aromatic rings. The maximum Gasteiger partial charge on any atom is 0.0581 e. The van der Waals surface area contributed by atoms with Crippen molar-refractivity contribution in [3.8, 4) is 0 Å². The topological polar surface area (TPSA) is 35.2 Å². The van der Waals surface area contributed by atoms with Crippen LogP contribution in [0.2, 0.25) is 0 Å². The summed E-state index contributed by atoms with van der Waals surface area (Å²) in [5.74, 6) is 0.750. The first-order valence-electron chi connectivity index (χ1n) is 5.63. The molecule has 0 aromatic carbocycles. The molecule has 1 unspecified atom stereocenters. The normalized spacial score (nSPS) is 14.1. The standard InChI is InChI=1S/C12H25NO/c1-11(2)7-4-5-8-12(3)14-10-6-9-13/h4-5,11-12H,6-10,13H2,1-3H3/b5-4-. The first kappa shape index (κ1) is 13.7. The second-order valence-corrected chi connectivity index (χ2v) is 4.16. The fourth-order valence-electron chi connectivity index (χ4n) is 1.09. The second-order valence-electron chi connectivity index (χ2n) is 4.16. The number of ether oxygens (including phenoxy) is 1. The Kier molecular flexibility index (Phi) is 9.00. The summed E-state index contributed by atoms with van der Waals surface area (Å²) >= 11 is 0.